The van der Waals surface area contributed by atoms with Gasteiger partial charge in [-0.3, -0.25) is 4.98 Å². The van der Waals surface area contributed by atoms with Crippen molar-refractivity contribution in [1.29, 1.82) is 0 Å². The highest BCUT2D eigenvalue weighted by atomic mass is 16.3. The number of benzene rings is 7. The molecule has 0 aliphatic heterocycles. The summed E-state index contributed by atoms with van der Waals surface area (Å²) in [5.41, 5.74) is 7.37. The lowest BCUT2D eigenvalue weighted by Gasteiger charge is -2.11. The van der Waals surface area contributed by atoms with Gasteiger partial charge in [-0.1, -0.05) is 121 Å². The lowest BCUT2D eigenvalue weighted by molar-refractivity contribution is 0.668. The smallest absolute Gasteiger partial charge is 0.183 e. The first kappa shape index (κ1) is 28.6. The van der Waals surface area contributed by atoms with Gasteiger partial charge >= 0.3 is 0 Å². The van der Waals surface area contributed by atoms with Crippen LogP contribution in [0, 0.1) is 0 Å². The quantitative estimate of drug-likeness (QED) is 0.186. The Kier molecular flexibility index (Phi) is 6.15. The first-order chi connectivity index (χ1) is 25.7. The molecule has 4 heterocycles. The maximum absolute atomic E-state index is 6.88. The van der Waals surface area contributed by atoms with Crippen molar-refractivity contribution < 1.29 is 8.83 Å². The number of aromatic nitrogens is 4. The Hall–Kier alpha value is -7.18. The fourth-order valence-corrected chi connectivity index (χ4v) is 7.48. The first-order valence-electron chi connectivity index (χ1n) is 17.2. The van der Waals surface area contributed by atoms with Gasteiger partial charge in [0.2, 0.25) is 0 Å². The molecule has 0 fully saturated rings. The number of pyridine rings is 1. The van der Waals surface area contributed by atoms with E-state index in [9.17, 15) is 0 Å². The predicted molar refractivity (Wildman–Crippen MR) is 209 cm³/mol. The van der Waals surface area contributed by atoms with Crippen LogP contribution in [-0.2, 0) is 0 Å². The number of nitrogens with zero attached hydrogens (tertiary/aromatic N) is 4. The van der Waals surface area contributed by atoms with Gasteiger partial charge in [0.1, 0.15) is 28.0 Å². The van der Waals surface area contributed by atoms with Crippen molar-refractivity contribution in [3.05, 3.63) is 158 Å². The highest BCUT2D eigenvalue weighted by Gasteiger charge is 2.24. The fourth-order valence-electron chi connectivity index (χ4n) is 7.48. The molecule has 0 saturated heterocycles. The molecule has 0 amide bonds. The van der Waals surface area contributed by atoms with Crippen molar-refractivity contribution in [3.63, 3.8) is 0 Å². The number of furan rings is 2. The minimum Gasteiger partial charge on any atom is -0.456 e. The molecule has 0 aliphatic rings. The number of rotatable bonds is 4. The van der Waals surface area contributed by atoms with Crippen LogP contribution in [0.25, 0.3) is 111 Å². The third kappa shape index (κ3) is 4.44. The monoisotopic (exact) mass is 666 g/mol. The van der Waals surface area contributed by atoms with Crippen molar-refractivity contribution in [2.75, 3.05) is 0 Å². The Morgan fingerprint density at radius 2 is 1.06 bits per heavy atom. The topological polar surface area (TPSA) is 77.8 Å². The van der Waals surface area contributed by atoms with Crippen LogP contribution in [0.5, 0.6) is 0 Å². The van der Waals surface area contributed by atoms with Crippen molar-refractivity contribution in [1.82, 2.24) is 19.9 Å². The van der Waals surface area contributed by atoms with Crippen LogP contribution in [0.3, 0.4) is 0 Å². The van der Waals surface area contributed by atoms with Crippen molar-refractivity contribution in [2.24, 2.45) is 0 Å². The summed E-state index contributed by atoms with van der Waals surface area (Å²) in [6.07, 6.45) is 1.89. The van der Waals surface area contributed by atoms with Gasteiger partial charge in [0.15, 0.2) is 17.5 Å². The molecular formula is C46H26N4O2. The summed E-state index contributed by atoms with van der Waals surface area (Å²) in [7, 11) is 0. The molecule has 0 atom stereocenters. The maximum Gasteiger partial charge on any atom is 0.183 e. The predicted octanol–water partition coefficient (Wildman–Crippen LogP) is 12.0. The van der Waals surface area contributed by atoms with Crippen molar-refractivity contribution in [2.45, 2.75) is 0 Å². The Morgan fingerprint density at radius 1 is 0.385 bits per heavy atom. The van der Waals surface area contributed by atoms with Crippen LogP contribution in [0.15, 0.2) is 167 Å². The Morgan fingerprint density at radius 3 is 1.90 bits per heavy atom. The third-order valence-electron chi connectivity index (χ3n) is 9.94. The molecule has 4 aromatic heterocycles. The van der Waals surface area contributed by atoms with E-state index in [4.69, 9.17) is 28.8 Å². The lowest BCUT2D eigenvalue weighted by atomic mass is 9.98. The molecule has 11 rings (SSSR count). The first-order valence-corrected chi connectivity index (χ1v) is 17.2. The van der Waals surface area contributed by atoms with Gasteiger partial charge in [0, 0.05) is 39.0 Å². The van der Waals surface area contributed by atoms with Gasteiger partial charge in [0.25, 0.3) is 0 Å². The van der Waals surface area contributed by atoms with Crippen LogP contribution >= 0.6 is 0 Å². The summed E-state index contributed by atoms with van der Waals surface area (Å²) in [4.78, 5) is 20.5. The third-order valence-corrected chi connectivity index (χ3v) is 9.94. The minimum atomic E-state index is 0.469. The summed E-state index contributed by atoms with van der Waals surface area (Å²) in [6.45, 7) is 0. The highest BCUT2D eigenvalue weighted by molar-refractivity contribution is 6.20. The van der Waals surface area contributed by atoms with Crippen LogP contribution in [0.1, 0.15) is 0 Å². The molecule has 7 aromatic carbocycles. The van der Waals surface area contributed by atoms with E-state index < -0.39 is 0 Å². The van der Waals surface area contributed by atoms with Gasteiger partial charge in [-0.15, -0.1) is 0 Å². The molecule has 0 bridgehead atoms. The molecule has 6 nitrogen and oxygen atoms in total. The fraction of sp³-hybridized carbons (Fsp3) is 0. The SMILES string of the molecule is c1ccc(-c2nc(-c3ccc4ccccc4c3)nc(-c3ncc(-c4cccc5oc6ccccc6c45)c4oc5cc6ccccc6cc5c34)n2)cc1. The van der Waals surface area contributed by atoms with E-state index in [1.807, 2.05) is 85.1 Å². The van der Waals surface area contributed by atoms with Crippen LogP contribution < -0.4 is 0 Å². The number of hydrogen-bond acceptors (Lipinski definition) is 6. The summed E-state index contributed by atoms with van der Waals surface area (Å²) in [5, 5.41) is 8.31. The second-order valence-corrected chi connectivity index (χ2v) is 13.0. The molecular weight excluding hydrogens is 641 g/mol. The molecule has 52 heavy (non-hydrogen) atoms. The molecule has 242 valence electrons. The summed E-state index contributed by atoms with van der Waals surface area (Å²) < 4.78 is 13.2. The Labute approximate surface area is 296 Å². The van der Waals surface area contributed by atoms with E-state index in [1.165, 1.54) is 0 Å². The molecule has 0 saturated carbocycles. The van der Waals surface area contributed by atoms with Gasteiger partial charge < -0.3 is 8.83 Å². The zero-order valence-corrected chi connectivity index (χ0v) is 27.6. The molecule has 0 N–H and O–H groups in total. The van der Waals surface area contributed by atoms with E-state index in [0.717, 1.165) is 82.1 Å². The number of hydrogen-bond donors (Lipinski definition) is 0. The zero-order chi connectivity index (χ0) is 34.2. The molecule has 6 heteroatoms. The summed E-state index contributed by atoms with van der Waals surface area (Å²) in [6, 6.07) is 51.5. The van der Waals surface area contributed by atoms with E-state index in [2.05, 4.69) is 72.8 Å². The molecule has 0 spiro atoms. The van der Waals surface area contributed by atoms with Crippen molar-refractivity contribution >= 4 is 65.4 Å². The average Bonchev–Trinajstić information content (AvgIpc) is 3.78. The second kappa shape index (κ2) is 11.2. The van der Waals surface area contributed by atoms with Gasteiger partial charge in [-0.25, -0.2) is 15.0 Å². The largest absolute Gasteiger partial charge is 0.456 e. The Balaban J connectivity index is 1.23. The normalized spacial score (nSPS) is 11.8. The number of fused-ring (bicyclic) bond motifs is 8. The summed E-state index contributed by atoms with van der Waals surface area (Å²) >= 11 is 0. The van der Waals surface area contributed by atoms with Crippen LogP contribution in [0.2, 0.25) is 0 Å². The van der Waals surface area contributed by atoms with E-state index in [-0.39, 0.29) is 0 Å². The molecule has 0 unspecified atom stereocenters. The molecule has 0 aliphatic carbocycles. The van der Waals surface area contributed by atoms with E-state index >= 15 is 0 Å². The average molecular weight is 667 g/mol. The molecule has 11 aromatic rings. The molecule has 0 radical (unpaired) electrons. The van der Waals surface area contributed by atoms with Crippen molar-refractivity contribution in [3.8, 4) is 45.4 Å². The maximum atomic E-state index is 6.88. The second-order valence-electron chi connectivity index (χ2n) is 13.0. The van der Waals surface area contributed by atoms with Gasteiger partial charge in [0.05, 0.1) is 5.39 Å². The summed E-state index contributed by atoms with van der Waals surface area (Å²) in [5.74, 6) is 1.61. The van der Waals surface area contributed by atoms with Crippen LogP contribution in [-0.4, -0.2) is 19.9 Å². The number of para-hydroxylation sites is 1. The minimum absolute atomic E-state index is 0.469. The zero-order valence-electron chi connectivity index (χ0n) is 27.6. The lowest BCUT2D eigenvalue weighted by Crippen LogP contribution is -2.02. The van der Waals surface area contributed by atoms with Gasteiger partial charge in [-0.2, -0.15) is 0 Å². The van der Waals surface area contributed by atoms with Gasteiger partial charge in [-0.05, 0) is 57.4 Å². The Bertz CT molecular complexity index is 3200. The highest BCUT2D eigenvalue weighted by Crippen LogP contribution is 2.44. The van der Waals surface area contributed by atoms with E-state index in [1.54, 1.807) is 0 Å². The van der Waals surface area contributed by atoms with Crippen LogP contribution in [0.4, 0.5) is 0 Å². The standard InChI is InChI=1S/C46H26N4O2/c1-2-12-28(13-3-1)44-48-45(32-22-21-27-11-4-5-14-29(27)23-32)50-46(49-44)42-41-35-24-30-15-6-7-16-31(30)25-39(35)52-43(41)36(26-47-42)33-18-10-20-38-40(33)34-17-8-9-19-37(34)51-38/h1-26H. The van der Waals surface area contributed by atoms with E-state index in [0.29, 0.717) is 28.8 Å².